The van der Waals surface area contributed by atoms with Gasteiger partial charge in [0.1, 0.15) is 11.7 Å². The van der Waals surface area contributed by atoms with Crippen LogP contribution in [0.2, 0.25) is 0 Å². The number of aromatic nitrogens is 4. The van der Waals surface area contributed by atoms with Crippen LogP contribution in [0.15, 0.2) is 35.5 Å². The molecule has 0 aliphatic carbocycles. The number of rotatable bonds is 4. The molecule has 0 bridgehead atoms. The molecule has 0 spiro atoms. The minimum absolute atomic E-state index is 0.244. The van der Waals surface area contributed by atoms with Crippen molar-refractivity contribution in [2.45, 2.75) is 26.8 Å². The number of hydrogen-bond acceptors (Lipinski definition) is 5. The summed E-state index contributed by atoms with van der Waals surface area (Å²) in [6.45, 7) is 5.29. The number of benzene rings is 1. The van der Waals surface area contributed by atoms with E-state index >= 15 is 0 Å². The minimum atomic E-state index is -1.24. The molecular weight excluding hydrogens is 346 g/mol. The Labute approximate surface area is 156 Å². The van der Waals surface area contributed by atoms with Crippen LogP contribution in [0.3, 0.4) is 0 Å². The first-order valence-electron chi connectivity index (χ1n) is 8.46. The Morgan fingerprint density at radius 3 is 2.44 bits per heavy atom. The first-order valence-corrected chi connectivity index (χ1v) is 8.46. The highest BCUT2D eigenvalue weighted by Gasteiger charge is 2.29. The molecule has 3 aromatic rings. The highest BCUT2D eigenvalue weighted by molar-refractivity contribution is 6.02. The molecule has 1 aromatic carbocycles. The van der Waals surface area contributed by atoms with Gasteiger partial charge in [-0.3, -0.25) is 19.0 Å². The average Bonchev–Trinajstić information content (AvgIpc) is 3.04. The lowest BCUT2D eigenvalue weighted by Gasteiger charge is -2.20. The molecule has 1 amide bonds. The van der Waals surface area contributed by atoms with E-state index in [-0.39, 0.29) is 5.39 Å². The molecule has 27 heavy (non-hydrogen) atoms. The van der Waals surface area contributed by atoms with Crippen LogP contribution in [0, 0.1) is 13.8 Å². The van der Waals surface area contributed by atoms with Crippen LogP contribution >= 0.6 is 0 Å². The van der Waals surface area contributed by atoms with Gasteiger partial charge in [-0.1, -0.05) is 6.07 Å². The smallest absolute Gasteiger partial charge is 0.265 e. The maximum atomic E-state index is 12.9. The number of carbonyl (C=O) groups excluding carboxylic acids is 2. The number of Topliss-reactive ketones (excluding diaryl/α,β-unsaturated/α-hetero) is 1. The number of ketones is 1. The molecule has 0 aliphatic rings. The number of carbonyl (C=O) groups is 2. The van der Waals surface area contributed by atoms with Crippen molar-refractivity contribution in [2.75, 3.05) is 14.1 Å². The van der Waals surface area contributed by atoms with Crippen molar-refractivity contribution in [1.82, 2.24) is 24.2 Å². The van der Waals surface area contributed by atoms with E-state index in [1.807, 2.05) is 32.0 Å². The standard InChI is InChI=1S/C19H21N5O3/c1-11-6-7-14(8-12(11)2)24-17-15(9-21-24)18(26)23(10-20-17)16(13(3)25)19(27)22(4)5/h6-10,16H,1-5H3/t16-/m0/s1. The molecule has 2 heterocycles. The number of amides is 1. The summed E-state index contributed by atoms with van der Waals surface area (Å²) in [5, 5.41) is 4.53. The fourth-order valence-electron chi connectivity index (χ4n) is 2.89. The van der Waals surface area contributed by atoms with Crippen LogP contribution < -0.4 is 5.56 Å². The van der Waals surface area contributed by atoms with Gasteiger partial charge >= 0.3 is 0 Å². The molecule has 0 aliphatic heterocycles. The summed E-state index contributed by atoms with van der Waals surface area (Å²) >= 11 is 0. The number of hydrogen-bond donors (Lipinski definition) is 0. The van der Waals surface area contributed by atoms with E-state index in [1.54, 1.807) is 4.68 Å². The fraction of sp³-hybridized carbons (Fsp3) is 0.316. The Kier molecular flexibility index (Phi) is 4.65. The van der Waals surface area contributed by atoms with E-state index in [9.17, 15) is 14.4 Å². The molecule has 0 saturated carbocycles. The monoisotopic (exact) mass is 367 g/mol. The zero-order valence-corrected chi connectivity index (χ0v) is 15.9. The van der Waals surface area contributed by atoms with Gasteiger partial charge in [0.05, 0.1) is 11.9 Å². The van der Waals surface area contributed by atoms with Gasteiger partial charge in [0.2, 0.25) is 0 Å². The first-order chi connectivity index (χ1) is 12.7. The van der Waals surface area contributed by atoms with Gasteiger partial charge < -0.3 is 4.90 Å². The molecule has 8 heteroatoms. The molecule has 0 radical (unpaired) electrons. The minimum Gasteiger partial charge on any atom is -0.347 e. The number of fused-ring (bicyclic) bond motifs is 1. The zero-order chi connectivity index (χ0) is 19.9. The van der Waals surface area contributed by atoms with Crippen LogP contribution in [0.5, 0.6) is 0 Å². The van der Waals surface area contributed by atoms with Gasteiger partial charge in [0.25, 0.3) is 11.5 Å². The first kappa shape index (κ1) is 18.5. The van der Waals surface area contributed by atoms with E-state index in [2.05, 4.69) is 10.1 Å². The molecule has 0 unspecified atom stereocenters. The highest BCUT2D eigenvalue weighted by atomic mass is 16.2. The summed E-state index contributed by atoms with van der Waals surface area (Å²) in [7, 11) is 3.07. The maximum Gasteiger partial charge on any atom is 0.265 e. The van der Waals surface area contributed by atoms with E-state index in [1.165, 1.54) is 38.4 Å². The van der Waals surface area contributed by atoms with Crippen LogP contribution in [0.4, 0.5) is 0 Å². The SMILES string of the molecule is CC(=O)[C@@H](C(=O)N(C)C)n1cnc2c(cnn2-c2ccc(C)c(C)c2)c1=O. The molecule has 2 aromatic heterocycles. The van der Waals surface area contributed by atoms with Gasteiger partial charge in [-0.2, -0.15) is 5.10 Å². The molecule has 3 rings (SSSR count). The lowest BCUT2D eigenvalue weighted by atomic mass is 10.1. The molecule has 0 fully saturated rings. The van der Waals surface area contributed by atoms with Crippen LogP contribution in [-0.2, 0) is 9.59 Å². The largest absolute Gasteiger partial charge is 0.347 e. The second kappa shape index (κ2) is 6.79. The quantitative estimate of drug-likeness (QED) is 0.651. The number of aryl methyl sites for hydroxylation is 2. The van der Waals surface area contributed by atoms with Gasteiger partial charge in [-0.05, 0) is 44.0 Å². The van der Waals surface area contributed by atoms with Gasteiger partial charge in [0, 0.05) is 14.1 Å². The summed E-state index contributed by atoms with van der Waals surface area (Å²) in [6.07, 6.45) is 2.64. The molecular formula is C19H21N5O3. The second-order valence-corrected chi connectivity index (χ2v) is 6.77. The van der Waals surface area contributed by atoms with Gasteiger partial charge in [0.15, 0.2) is 17.5 Å². The van der Waals surface area contributed by atoms with Crippen molar-refractivity contribution in [2.24, 2.45) is 0 Å². The van der Waals surface area contributed by atoms with Crippen LogP contribution in [-0.4, -0.2) is 50.0 Å². The topological polar surface area (TPSA) is 90.1 Å². The lowest BCUT2D eigenvalue weighted by molar-refractivity contribution is -0.137. The molecule has 1 atom stereocenters. The number of likely N-dealkylation sites (N-methyl/N-ethyl adjacent to an activating group) is 1. The van der Waals surface area contributed by atoms with Gasteiger partial charge in [-0.15, -0.1) is 0 Å². The summed E-state index contributed by atoms with van der Waals surface area (Å²) in [4.78, 5) is 42.9. The van der Waals surface area contributed by atoms with Crippen molar-refractivity contribution >= 4 is 22.7 Å². The van der Waals surface area contributed by atoms with Crippen LogP contribution in [0.1, 0.15) is 24.1 Å². The summed E-state index contributed by atoms with van der Waals surface area (Å²) < 4.78 is 2.64. The predicted octanol–water partition coefficient (Wildman–Crippen LogP) is 1.42. The Balaban J connectivity index is 2.17. The molecule has 0 saturated heterocycles. The van der Waals surface area contributed by atoms with E-state index in [4.69, 9.17) is 0 Å². The summed E-state index contributed by atoms with van der Waals surface area (Å²) in [5.74, 6) is -0.911. The van der Waals surface area contributed by atoms with Crippen molar-refractivity contribution in [1.29, 1.82) is 0 Å². The van der Waals surface area contributed by atoms with E-state index in [0.29, 0.717) is 5.65 Å². The lowest BCUT2D eigenvalue weighted by Crippen LogP contribution is -2.40. The third-order valence-corrected chi connectivity index (χ3v) is 4.59. The number of nitrogens with zero attached hydrogens (tertiary/aromatic N) is 5. The van der Waals surface area contributed by atoms with Crippen molar-refractivity contribution in [3.63, 3.8) is 0 Å². The third-order valence-electron chi connectivity index (χ3n) is 4.59. The Morgan fingerprint density at radius 1 is 1.15 bits per heavy atom. The second-order valence-electron chi connectivity index (χ2n) is 6.77. The molecule has 0 N–H and O–H groups in total. The maximum absolute atomic E-state index is 12.9. The zero-order valence-electron chi connectivity index (χ0n) is 15.9. The van der Waals surface area contributed by atoms with Gasteiger partial charge in [-0.25, -0.2) is 9.67 Å². The Bertz CT molecular complexity index is 1110. The summed E-state index contributed by atoms with van der Waals surface area (Å²) in [6, 6.07) is 4.59. The molecule has 140 valence electrons. The Hall–Kier alpha value is -3.29. The normalized spacial score (nSPS) is 12.2. The van der Waals surface area contributed by atoms with Crippen LogP contribution in [0.25, 0.3) is 16.7 Å². The Morgan fingerprint density at radius 2 is 1.85 bits per heavy atom. The van der Waals surface area contributed by atoms with Crippen molar-refractivity contribution in [3.05, 3.63) is 52.2 Å². The van der Waals surface area contributed by atoms with E-state index < -0.39 is 23.3 Å². The summed E-state index contributed by atoms with van der Waals surface area (Å²) in [5.41, 5.74) is 2.92. The average molecular weight is 367 g/mol. The predicted molar refractivity (Wildman–Crippen MR) is 101 cm³/mol. The third kappa shape index (κ3) is 3.14. The van der Waals surface area contributed by atoms with Crippen molar-refractivity contribution < 1.29 is 9.59 Å². The van der Waals surface area contributed by atoms with E-state index in [0.717, 1.165) is 21.4 Å². The molecule has 8 nitrogen and oxygen atoms in total. The fourth-order valence-corrected chi connectivity index (χ4v) is 2.89. The highest BCUT2D eigenvalue weighted by Crippen LogP contribution is 2.18. The van der Waals surface area contributed by atoms with Crippen molar-refractivity contribution in [3.8, 4) is 5.69 Å².